The molecule has 0 fully saturated rings. The average Bonchev–Trinajstić information content (AvgIpc) is 1.90. The molecule has 0 saturated carbocycles. The van der Waals surface area contributed by atoms with E-state index >= 15 is 0 Å². The highest BCUT2D eigenvalue weighted by molar-refractivity contribution is 6.30. The molecule has 0 aliphatic rings. The highest BCUT2D eigenvalue weighted by Crippen LogP contribution is 2.07. The van der Waals surface area contributed by atoms with Gasteiger partial charge in [0.25, 0.3) is 0 Å². The minimum atomic E-state index is 0.661. The standard InChI is InChI=1S/C6H7ClN2/c1-8-6-3-2-5(7)4-9-6/h2-4H,1H3,(H,8,9). The fraction of sp³-hybridized carbons (Fsp3) is 0.167. The van der Waals surface area contributed by atoms with E-state index in [1.165, 1.54) is 0 Å². The Morgan fingerprint density at radius 2 is 2.33 bits per heavy atom. The van der Waals surface area contributed by atoms with Crippen LogP contribution < -0.4 is 5.32 Å². The van der Waals surface area contributed by atoms with E-state index in [-0.39, 0.29) is 0 Å². The van der Waals surface area contributed by atoms with Gasteiger partial charge in [0.15, 0.2) is 0 Å². The van der Waals surface area contributed by atoms with Crippen molar-refractivity contribution in [2.45, 2.75) is 0 Å². The first-order valence-corrected chi connectivity index (χ1v) is 3.00. The molecule has 0 spiro atoms. The zero-order valence-corrected chi connectivity index (χ0v) is 5.81. The summed E-state index contributed by atoms with van der Waals surface area (Å²) in [7, 11) is 1.82. The smallest absolute Gasteiger partial charge is 0.125 e. The van der Waals surface area contributed by atoms with Crippen LogP contribution >= 0.6 is 11.6 Å². The maximum Gasteiger partial charge on any atom is 0.125 e. The lowest BCUT2D eigenvalue weighted by molar-refractivity contribution is 1.29. The van der Waals surface area contributed by atoms with Gasteiger partial charge in [-0.15, -0.1) is 0 Å². The summed E-state index contributed by atoms with van der Waals surface area (Å²) >= 11 is 5.58. The highest BCUT2D eigenvalue weighted by Gasteiger charge is 1.86. The lowest BCUT2D eigenvalue weighted by Gasteiger charge is -1.95. The number of rotatable bonds is 1. The van der Waals surface area contributed by atoms with Gasteiger partial charge in [0, 0.05) is 13.2 Å². The Morgan fingerprint density at radius 3 is 2.78 bits per heavy atom. The SMILES string of the molecule is CNc1ccc(Cl)cn1. The second-order valence-corrected chi connectivity index (χ2v) is 2.05. The fourth-order valence-electron chi connectivity index (χ4n) is 0.524. The van der Waals surface area contributed by atoms with E-state index in [2.05, 4.69) is 10.3 Å². The minimum absolute atomic E-state index is 0.661. The number of nitrogens with one attached hydrogen (secondary N) is 1. The molecule has 0 unspecified atom stereocenters. The highest BCUT2D eigenvalue weighted by atomic mass is 35.5. The van der Waals surface area contributed by atoms with E-state index in [0.717, 1.165) is 5.82 Å². The quantitative estimate of drug-likeness (QED) is 0.647. The van der Waals surface area contributed by atoms with Gasteiger partial charge in [-0.25, -0.2) is 4.98 Å². The number of anilines is 1. The van der Waals surface area contributed by atoms with Crippen molar-refractivity contribution < 1.29 is 0 Å². The Labute approximate surface area is 58.9 Å². The Kier molecular flexibility index (Phi) is 1.90. The summed E-state index contributed by atoms with van der Waals surface area (Å²) in [5.41, 5.74) is 0. The van der Waals surface area contributed by atoms with Gasteiger partial charge in [-0.3, -0.25) is 0 Å². The summed E-state index contributed by atoms with van der Waals surface area (Å²) in [6, 6.07) is 3.61. The zero-order chi connectivity index (χ0) is 6.69. The Hall–Kier alpha value is -0.760. The fourth-order valence-corrected chi connectivity index (χ4v) is 0.635. The molecule has 0 saturated heterocycles. The van der Waals surface area contributed by atoms with Crippen LogP contribution in [-0.2, 0) is 0 Å². The van der Waals surface area contributed by atoms with Crippen molar-refractivity contribution in [2.24, 2.45) is 0 Å². The van der Waals surface area contributed by atoms with E-state index in [4.69, 9.17) is 11.6 Å². The second kappa shape index (κ2) is 2.69. The molecular formula is C6H7ClN2. The summed E-state index contributed by atoms with van der Waals surface area (Å²) in [5, 5.41) is 3.55. The number of aromatic nitrogens is 1. The largest absolute Gasteiger partial charge is 0.373 e. The van der Waals surface area contributed by atoms with Crippen LogP contribution in [0.4, 0.5) is 5.82 Å². The van der Waals surface area contributed by atoms with Crippen LogP contribution in [0.25, 0.3) is 0 Å². The van der Waals surface area contributed by atoms with Crippen LogP contribution in [0.15, 0.2) is 18.3 Å². The molecule has 1 aromatic rings. The van der Waals surface area contributed by atoms with Gasteiger partial charge >= 0.3 is 0 Å². The molecule has 0 radical (unpaired) electrons. The van der Waals surface area contributed by atoms with Gasteiger partial charge in [0.1, 0.15) is 5.82 Å². The molecule has 48 valence electrons. The lowest BCUT2D eigenvalue weighted by Crippen LogP contribution is -1.89. The molecule has 0 amide bonds. The average molecular weight is 143 g/mol. The van der Waals surface area contributed by atoms with E-state index in [1.54, 1.807) is 12.3 Å². The topological polar surface area (TPSA) is 24.9 Å². The maximum absolute atomic E-state index is 5.58. The van der Waals surface area contributed by atoms with Gasteiger partial charge in [-0.1, -0.05) is 11.6 Å². The maximum atomic E-state index is 5.58. The van der Waals surface area contributed by atoms with E-state index in [1.807, 2.05) is 13.1 Å². The first kappa shape index (κ1) is 6.36. The van der Waals surface area contributed by atoms with Crippen LogP contribution in [0.1, 0.15) is 0 Å². The van der Waals surface area contributed by atoms with Crippen molar-refractivity contribution in [3.63, 3.8) is 0 Å². The Balaban J connectivity index is 2.88. The number of nitrogens with zero attached hydrogens (tertiary/aromatic N) is 1. The van der Waals surface area contributed by atoms with E-state index in [9.17, 15) is 0 Å². The Bertz CT molecular complexity index is 183. The molecule has 9 heavy (non-hydrogen) atoms. The van der Waals surface area contributed by atoms with Crippen molar-refractivity contribution >= 4 is 17.4 Å². The third-order valence-corrected chi connectivity index (χ3v) is 1.21. The molecule has 0 aliphatic heterocycles. The molecule has 0 aromatic carbocycles. The van der Waals surface area contributed by atoms with Crippen LogP contribution in [-0.4, -0.2) is 12.0 Å². The van der Waals surface area contributed by atoms with Crippen molar-refractivity contribution in [3.8, 4) is 0 Å². The molecule has 0 atom stereocenters. The van der Waals surface area contributed by atoms with Crippen LogP contribution in [0.2, 0.25) is 5.02 Å². The van der Waals surface area contributed by atoms with E-state index in [0.29, 0.717) is 5.02 Å². The van der Waals surface area contributed by atoms with Gasteiger partial charge in [-0.05, 0) is 12.1 Å². The molecule has 0 aliphatic carbocycles. The number of pyridine rings is 1. The number of hydrogen-bond acceptors (Lipinski definition) is 2. The first-order valence-electron chi connectivity index (χ1n) is 2.62. The van der Waals surface area contributed by atoms with Crippen molar-refractivity contribution in [1.82, 2.24) is 4.98 Å². The molecular weight excluding hydrogens is 136 g/mol. The molecule has 1 heterocycles. The third-order valence-electron chi connectivity index (χ3n) is 0.984. The molecule has 3 heteroatoms. The first-order chi connectivity index (χ1) is 4.33. The third kappa shape index (κ3) is 1.57. The van der Waals surface area contributed by atoms with Gasteiger partial charge < -0.3 is 5.32 Å². The van der Waals surface area contributed by atoms with Crippen LogP contribution in [0.5, 0.6) is 0 Å². The van der Waals surface area contributed by atoms with Crippen LogP contribution in [0.3, 0.4) is 0 Å². The summed E-state index contributed by atoms with van der Waals surface area (Å²) in [5.74, 6) is 0.833. The predicted octanol–water partition coefficient (Wildman–Crippen LogP) is 1.78. The van der Waals surface area contributed by atoms with Crippen LogP contribution in [0, 0.1) is 0 Å². The van der Waals surface area contributed by atoms with Gasteiger partial charge in [-0.2, -0.15) is 0 Å². The second-order valence-electron chi connectivity index (χ2n) is 1.61. The Morgan fingerprint density at radius 1 is 1.56 bits per heavy atom. The monoisotopic (exact) mass is 142 g/mol. The summed E-state index contributed by atoms with van der Waals surface area (Å²) < 4.78 is 0. The van der Waals surface area contributed by atoms with E-state index < -0.39 is 0 Å². The van der Waals surface area contributed by atoms with Gasteiger partial charge in [0.05, 0.1) is 5.02 Å². The minimum Gasteiger partial charge on any atom is -0.373 e. The predicted molar refractivity (Wildman–Crippen MR) is 38.8 cm³/mol. The molecule has 1 aromatic heterocycles. The molecule has 1 N–H and O–H groups in total. The van der Waals surface area contributed by atoms with Crippen molar-refractivity contribution in [3.05, 3.63) is 23.4 Å². The zero-order valence-electron chi connectivity index (χ0n) is 5.06. The molecule has 1 rings (SSSR count). The van der Waals surface area contributed by atoms with Gasteiger partial charge in [0.2, 0.25) is 0 Å². The normalized spacial score (nSPS) is 9.11. The van der Waals surface area contributed by atoms with Crippen molar-refractivity contribution in [2.75, 3.05) is 12.4 Å². The number of halogens is 1. The van der Waals surface area contributed by atoms with Crippen molar-refractivity contribution in [1.29, 1.82) is 0 Å². The lowest BCUT2D eigenvalue weighted by atomic mass is 10.5. The summed E-state index contributed by atoms with van der Waals surface area (Å²) in [6.45, 7) is 0. The summed E-state index contributed by atoms with van der Waals surface area (Å²) in [6.07, 6.45) is 1.60. The molecule has 2 nitrogen and oxygen atoms in total. The number of hydrogen-bond donors (Lipinski definition) is 1. The molecule has 0 bridgehead atoms. The summed E-state index contributed by atoms with van der Waals surface area (Å²) in [4.78, 5) is 3.95.